The van der Waals surface area contributed by atoms with Crippen LogP contribution in [0.3, 0.4) is 0 Å². The highest BCUT2D eigenvalue weighted by atomic mass is 32.2. The van der Waals surface area contributed by atoms with Crippen molar-refractivity contribution >= 4 is 11.8 Å². The van der Waals surface area contributed by atoms with Gasteiger partial charge in [0.1, 0.15) is 0 Å². The minimum atomic E-state index is -0.105. The van der Waals surface area contributed by atoms with E-state index in [1.165, 1.54) is 0 Å². The predicted octanol–water partition coefficient (Wildman–Crippen LogP) is 0.692. The number of hydrogen-bond donors (Lipinski definition) is 1. The first-order valence-electron chi connectivity index (χ1n) is 4.65. The summed E-state index contributed by atoms with van der Waals surface area (Å²) in [5.41, 5.74) is 5.74. The molecule has 14 heavy (non-hydrogen) atoms. The van der Waals surface area contributed by atoms with E-state index in [2.05, 4.69) is 28.7 Å². The van der Waals surface area contributed by atoms with Gasteiger partial charge in [-0.2, -0.15) is 11.8 Å². The zero-order chi connectivity index (χ0) is 10.6. The standard InChI is InChI=1S/C8H17N5S/c1-6(5-14-3)4-13-8(7(2)9)10-11-12-13/h6-7H,4-5,9H2,1-3H3. The number of nitrogens with two attached hydrogens (primary N) is 1. The maximum absolute atomic E-state index is 5.74. The number of nitrogens with zero attached hydrogens (tertiary/aromatic N) is 4. The van der Waals surface area contributed by atoms with E-state index in [-0.39, 0.29) is 6.04 Å². The monoisotopic (exact) mass is 215 g/mol. The lowest BCUT2D eigenvalue weighted by atomic mass is 10.2. The van der Waals surface area contributed by atoms with Crippen molar-refractivity contribution in [1.82, 2.24) is 20.2 Å². The van der Waals surface area contributed by atoms with E-state index < -0.39 is 0 Å². The molecule has 0 aliphatic heterocycles. The second-order valence-corrected chi connectivity index (χ2v) is 4.48. The normalized spacial score (nSPS) is 15.4. The summed E-state index contributed by atoms with van der Waals surface area (Å²) in [7, 11) is 0. The van der Waals surface area contributed by atoms with E-state index in [1.807, 2.05) is 18.7 Å². The fraction of sp³-hybridized carbons (Fsp3) is 0.875. The number of thioether (sulfide) groups is 1. The van der Waals surface area contributed by atoms with Crippen molar-refractivity contribution in [3.63, 3.8) is 0 Å². The highest BCUT2D eigenvalue weighted by Gasteiger charge is 2.12. The summed E-state index contributed by atoms with van der Waals surface area (Å²) in [6.07, 6.45) is 2.10. The van der Waals surface area contributed by atoms with Crippen LogP contribution in [-0.4, -0.2) is 32.2 Å². The fourth-order valence-electron chi connectivity index (χ4n) is 1.30. The maximum atomic E-state index is 5.74. The molecule has 0 radical (unpaired) electrons. The summed E-state index contributed by atoms with van der Waals surface area (Å²) >= 11 is 1.83. The first-order chi connectivity index (χ1) is 6.65. The molecule has 80 valence electrons. The second kappa shape index (κ2) is 5.31. The van der Waals surface area contributed by atoms with E-state index in [9.17, 15) is 0 Å². The average molecular weight is 215 g/mol. The van der Waals surface area contributed by atoms with Crippen LogP contribution in [0.4, 0.5) is 0 Å². The van der Waals surface area contributed by atoms with Gasteiger partial charge in [0.25, 0.3) is 0 Å². The molecule has 0 saturated carbocycles. The molecule has 1 rings (SSSR count). The summed E-state index contributed by atoms with van der Waals surface area (Å²) in [5.74, 6) is 2.43. The molecule has 0 fully saturated rings. The Morgan fingerprint density at radius 3 is 2.79 bits per heavy atom. The van der Waals surface area contributed by atoms with Crippen LogP contribution in [0.25, 0.3) is 0 Å². The molecular weight excluding hydrogens is 198 g/mol. The molecule has 2 unspecified atom stereocenters. The Morgan fingerprint density at radius 1 is 1.50 bits per heavy atom. The van der Waals surface area contributed by atoms with Gasteiger partial charge in [-0.15, -0.1) is 5.10 Å². The van der Waals surface area contributed by atoms with Crippen LogP contribution in [0.15, 0.2) is 0 Å². The minimum absolute atomic E-state index is 0.105. The Balaban J connectivity index is 2.61. The van der Waals surface area contributed by atoms with Gasteiger partial charge in [0, 0.05) is 6.54 Å². The summed E-state index contributed by atoms with van der Waals surface area (Å²) in [6.45, 7) is 4.91. The molecule has 0 aliphatic rings. The molecule has 0 aromatic carbocycles. The molecule has 1 aromatic heterocycles. The van der Waals surface area contributed by atoms with Crippen molar-refractivity contribution < 1.29 is 0 Å². The lowest BCUT2D eigenvalue weighted by Gasteiger charge is -2.11. The van der Waals surface area contributed by atoms with E-state index in [0.29, 0.717) is 5.92 Å². The van der Waals surface area contributed by atoms with Gasteiger partial charge in [0.2, 0.25) is 0 Å². The third-order valence-corrected chi connectivity index (χ3v) is 2.81. The smallest absolute Gasteiger partial charge is 0.167 e. The van der Waals surface area contributed by atoms with Crippen LogP contribution in [-0.2, 0) is 6.54 Å². The number of hydrogen-bond acceptors (Lipinski definition) is 5. The van der Waals surface area contributed by atoms with Gasteiger partial charge in [-0.1, -0.05) is 6.92 Å². The molecule has 0 saturated heterocycles. The van der Waals surface area contributed by atoms with Crippen molar-refractivity contribution in [3.05, 3.63) is 5.82 Å². The zero-order valence-electron chi connectivity index (χ0n) is 8.84. The third kappa shape index (κ3) is 2.95. The lowest BCUT2D eigenvalue weighted by Crippen LogP contribution is -2.18. The summed E-state index contributed by atoms with van der Waals surface area (Å²) in [4.78, 5) is 0. The van der Waals surface area contributed by atoms with Gasteiger partial charge < -0.3 is 5.73 Å². The van der Waals surface area contributed by atoms with Crippen LogP contribution in [0, 0.1) is 5.92 Å². The summed E-state index contributed by atoms with van der Waals surface area (Å²) < 4.78 is 1.80. The molecule has 0 spiro atoms. The van der Waals surface area contributed by atoms with Gasteiger partial charge in [-0.3, -0.25) is 0 Å². The largest absolute Gasteiger partial charge is 0.322 e. The van der Waals surface area contributed by atoms with Gasteiger partial charge in [-0.25, -0.2) is 4.68 Å². The number of aromatic nitrogens is 4. The van der Waals surface area contributed by atoms with Crippen LogP contribution in [0.1, 0.15) is 25.7 Å². The zero-order valence-corrected chi connectivity index (χ0v) is 9.66. The van der Waals surface area contributed by atoms with Crippen LogP contribution in [0.2, 0.25) is 0 Å². The first-order valence-corrected chi connectivity index (χ1v) is 6.05. The van der Waals surface area contributed by atoms with Crippen molar-refractivity contribution in [2.45, 2.75) is 26.4 Å². The van der Waals surface area contributed by atoms with Crippen molar-refractivity contribution in [2.24, 2.45) is 11.7 Å². The molecular formula is C8H17N5S. The van der Waals surface area contributed by atoms with E-state index >= 15 is 0 Å². The Labute approximate surface area is 88.4 Å². The van der Waals surface area contributed by atoms with Crippen LogP contribution in [0.5, 0.6) is 0 Å². The maximum Gasteiger partial charge on any atom is 0.167 e. The molecule has 0 bridgehead atoms. The molecule has 6 heteroatoms. The summed E-state index contributed by atoms with van der Waals surface area (Å²) in [6, 6.07) is -0.105. The molecule has 0 aliphatic carbocycles. The predicted molar refractivity (Wildman–Crippen MR) is 58.0 cm³/mol. The fourth-order valence-corrected chi connectivity index (χ4v) is 1.97. The van der Waals surface area contributed by atoms with E-state index in [1.54, 1.807) is 4.68 Å². The molecule has 1 heterocycles. The van der Waals surface area contributed by atoms with Gasteiger partial charge in [-0.05, 0) is 35.3 Å². The third-order valence-electron chi connectivity index (χ3n) is 1.90. The Morgan fingerprint density at radius 2 is 2.21 bits per heavy atom. The van der Waals surface area contributed by atoms with E-state index in [0.717, 1.165) is 18.1 Å². The minimum Gasteiger partial charge on any atom is -0.322 e. The number of tetrazole rings is 1. The van der Waals surface area contributed by atoms with Crippen molar-refractivity contribution in [2.75, 3.05) is 12.0 Å². The molecule has 0 amide bonds. The van der Waals surface area contributed by atoms with Crippen LogP contribution >= 0.6 is 11.8 Å². The van der Waals surface area contributed by atoms with E-state index in [4.69, 9.17) is 5.73 Å². The second-order valence-electron chi connectivity index (χ2n) is 3.57. The molecule has 2 N–H and O–H groups in total. The quantitative estimate of drug-likeness (QED) is 0.782. The highest BCUT2D eigenvalue weighted by Crippen LogP contribution is 2.10. The first kappa shape index (κ1) is 11.5. The summed E-state index contributed by atoms with van der Waals surface area (Å²) in [5, 5.41) is 11.5. The Kier molecular flexibility index (Phi) is 4.34. The van der Waals surface area contributed by atoms with Crippen molar-refractivity contribution in [3.8, 4) is 0 Å². The van der Waals surface area contributed by atoms with Gasteiger partial charge in [0.15, 0.2) is 5.82 Å². The average Bonchev–Trinajstić information content (AvgIpc) is 2.52. The highest BCUT2D eigenvalue weighted by molar-refractivity contribution is 7.98. The van der Waals surface area contributed by atoms with Gasteiger partial charge in [0.05, 0.1) is 6.04 Å². The lowest BCUT2D eigenvalue weighted by molar-refractivity contribution is 0.454. The SMILES string of the molecule is CSCC(C)Cn1nnnc1C(C)N. The van der Waals surface area contributed by atoms with Crippen LogP contribution < -0.4 is 5.73 Å². The molecule has 5 nitrogen and oxygen atoms in total. The molecule has 2 atom stereocenters. The Hall–Kier alpha value is -0.620. The van der Waals surface area contributed by atoms with Crippen molar-refractivity contribution in [1.29, 1.82) is 0 Å². The van der Waals surface area contributed by atoms with Gasteiger partial charge >= 0.3 is 0 Å². The Bertz CT molecular complexity index is 272. The topological polar surface area (TPSA) is 69.6 Å². The number of rotatable bonds is 5. The molecule has 1 aromatic rings.